The van der Waals surface area contributed by atoms with Crippen molar-refractivity contribution in [1.29, 1.82) is 0 Å². The summed E-state index contributed by atoms with van der Waals surface area (Å²) in [5.41, 5.74) is 1.87. The molecular weight excluding hydrogens is 266 g/mol. The average molecular weight is 285 g/mol. The Morgan fingerprint density at radius 2 is 1.95 bits per heavy atom. The zero-order chi connectivity index (χ0) is 14.9. The number of nitrogens with zero attached hydrogens (tertiary/aromatic N) is 1. The van der Waals surface area contributed by atoms with Crippen molar-refractivity contribution < 1.29 is 9.53 Å². The summed E-state index contributed by atoms with van der Waals surface area (Å²) in [5, 5.41) is 5.92. The highest BCUT2D eigenvalue weighted by Crippen LogP contribution is 2.16. The van der Waals surface area contributed by atoms with Gasteiger partial charge in [-0.3, -0.25) is 9.78 Å². The van der Waals surface area contributed by atoms with Gasteiger partial charge in [0, 0.05) is 18.3 Å². The fraction of sp³-hybridized carbons (Fsp3) is 0.250. The molecular formula is C16H19N3O2. The monoisotopic (exact) mass is 285 g/mol. The number of hydrogen-bond acceptors (Lipinski definition) is 4. The van der Waals surface area contributed by atoms with E-state index >= 15 is 0 Å². The number of carbonyl (C=O) groups excluding carboxylic acids is 1. The number of rotatable bonds is 7. The third-order valence-corrected chi connectivity index (χ3v) is 2.99. The van der Waals surface area contributed by atoms with Crippen molar-refractivity contribution in [2.24, 2.45) is 0 Å². The molecule has 0 radical (unpaired) electrons. The van der Waals surface area contributed by atoms with Gasteiger partial charge in [0.15, 0.2) is 0 Å². The van der Waals surface area contributed by atoms with E-state index in [0.717, 1.165) is 17.0 Å². The maximum Gasteiger partial charge on any atom is 0.234 e. The van der Waals surface area contributed by atoms with Gasteiger partial charge in [0.1, 0.15) is 5.75 Å². The van der Waals surface area contributed by atoms with Gasteiger partial charge in [0.05, 0.1) is 25.9 Å². The van der Waals surface area contributed by atoms with Gasteiger partial charge in [-0.05, 0) is 18.2 Å². The SMILES string of the molecule is COc1ccccc1CNCC(=O)NCc1ccccn1. The summed E-state index contributed by atoms with van der Waals surface area (Å²) in [4.78, 5) is 15.9. The predicted octanol–water partition coefficient (Wildman–Crippen LogP) is 1.50. The second kappa shape index (κ2) is 8.01. The molecule has 1 heterocycles. The van der Waals surface area contributed by atoms with E-state index in [0.29, 0.717) is 13.1 Å². The van der Waals surface area contributed by atoms with Gasteiger partial charge in [-0.1, -0.05) is 24.3 Å². The predicted molar refractivity (Wildman–Crippen MR) is 80.8 cm³/mol. The molecule has 21 heavy (non-hydrogen) atoms. The fourth-order valence-electron chi connectivity index (χ4n) is 1.91. The summed E-state index contributed by atoms with van der Waals surface area (Å²) in [6, 6.07) is 13.4. The lowest BCUT2D eigenvalue weighted by molar-refractivity contribution is -0.120. The molecule has 5 nitrogen and oxygen atoms in total. The largest absolute Gasteiger partial charge is 0.496 e. The van der Waals surface area contributed by atoms with Gasteiger partial charge < -0.3 is 15.4 Å². The van der Waals surface area contributed by atoms with E-state index in [1.165, 1.54) is 0 Å². The standard InChI is InChI=1S/C16H19N3O2/c1-21-15-8-3-2-6-13(15)10-17-12-16(20)19-11-14-7-4-5-9-18-14/h2-9,17H,10-12H2,1H3,(H,19,20). The Hall–Kier alpha value is -2.40. The van der Waals surface area contributed by atoms with Crippen LogP contribution in [0.4, 0.5) is 0 Å². The second-order valence-electron chi connectivity index (χ2n) is 4.51. The van der Waals surface area contributed by atoms with E-state index in [2.05, 4.69) is 15.6 Å². The summed E-state index contributed by atoms with van der Waals surface area (Å²) in [7, 11) is 1.64. The van der Waals surface area contributed by atoms with Crippen LogP contribution in [0, 0.1) is 0 Å². The normalized spacial score (nSPS) is 10.1. The minimum Gasteiger partial charge on any atom is -0.496 e. The van der Waals surface area contributed by atoms with Crippen LogP contribution in [0.3, 0.4) is 0 Å². The highest BCUT2D eigenvalue weighted by atomic mass is 16.5. The maximum atomic E-state index is 11.7. The van der Waals surface area contributed by atoms with E-state index in [1.54, 1.807) is 13.3 Å². The van der Waals surface area contributed by atoms with E-state index < -0.39 is 0 Å². The minimum atomic E-state index is -0.0597. The van der Waals surface area contributed by atoms with Crippen LogP contribution in [-0.2, 0) is 17.9 Å². The van der Waals surface area contributed by atoms with Crippen LogP contribution in [0.5, 0.6) is 5.75 Å². The van der Waals surface area contributed by atoms with Crippen LogP contribution in [-0.4, -0.2) is 24.5 Å². The lowest BCUT2D eigenvalue weighted by Crippen LogP contribution is -2.33. The van der Waals surface area contributed by atoms with Crippen LogP contribution >= 0.6 is 0 Å². The van der Waals surface area contributed by atoms with Crippen molar-refractivity contribution in [3.05, 3.63) is 59.9 Å². The summed E-state index contributed by atoms with van der Waals surface area (Å²) in [5.74, 6) is 0.759. The van der Waals surface area contributed by atoms with Gasteiger partial charge in [-0.15, -0.1) is 0 Å². The Labute approximate surface area is 124 Å². The number of hydrogen-bond donors (Lipinski definition) is 2. The number of pyridine rings is 1. The van der Waals surface area contributed by atoms with Crippen molar-refractivity contribution in [1.82, 2.24) is 15.6 Å². The van der Waals surface area contributed by atoms with Crippen molar-refractivity contribution >= 4 is 5.91 Å². The quantitative estimate of drug-likeness (QED) is 0.809. The van der Waals surface area contributed by atoms with Crippen molar-refractivity contribution in [2.45, 2.75) is 13.1 Å². The van der Waals surface area contributed by atoms with Crippen molar-refractivity contribution in [3.8, 4) is 5.75 Å². The summed E-state index contributed by atoms with van der Waals surface area (Å²) in [6.45, 7) is 1.28. The van der Waals surface area contributed by atoms with Gasteiger partial charge >= 0.3 is 0 Å². The maximum absolute atomic E-state index is 11.7. The Morgan fingerprint density at radius 1 is 1.14 bits per heavy atom. The molecule has 0 aliphatic carbocycles. The molecule has 5 heteroatoms. The molecule has 110 valence electrons. The van der Waals surface area contributed by atoms with E-state index in [4.69, 9.17) is 4.74 Å². The van der Waals surface area contributed by atoms with E-state index in [9.17, 15) is 4.79 Å². The second-order valence-corrected chi connectivity index (χ2v) is 4.51. The molecule has 0 unspecified atom stereocenters. The minimum absolute atomic E-state index is 0.0597. The number of nitrogens with one attached hydrogen (secondary N) is 2. The molecule has 0 saturated carbocycles. The van der Waals surface area contributed by atoms with Crippen LogP contribution in [0.25, 0.3) is 0 Å². The van der Waals surface area contributed by atoms with Crippen LogP contribution in [0.2, 0.25) is 0 Å². The first-order valence-electron chi connectivity index (χ1n) is 6.79. The zero-order valence-electron chi connectivity index (χ0n) is 12.0. The number of benzene rings is 1. The Bertz CT molecular complexity index is 573. The smallest absolute Gasteiger partial charge is 0.234 e. The lowest BCUT2D eigenvalue weighted by Gasteiger charge is -2.09. The van der Waals surface area contributed by atoms with Crippen molar-refractivity contribution in [2.75, 3.05) is 13.7 Å². The van der Waals surface area contributed by atoms with Crippen molar-refractivity contribution in [3.63, 3.8) is 0 Å². The van der Waals surface area contributed by atoms with E-state index in [-0.39, 0.29) is 12.5 Å². The molecule has 0 aliphatic heterocycles. The molecule has 2 N–H and O–H groups in total. The summed E-state index contributed by atoms with van der Waals surface area (Å²) in [6.07, 6.45) is 1.71. The number of amides is 1. The van der Waals surface area contributed by atoms with Gasteiger partial charge in [0.2, 0.25) is 5.91 Å². The number of aromatic nitrogens is 1. The molecule has 2 rings (SSSR count). The lowest BCUT2D eigenvalue weighted by atomic mass is 10.2. The Morgan fingerprint density at radius 3 is 2.71 bits per heavy atom. The first kappa shape index (κ1) is 15.0. The Balaban J connectivity index is 1.72. The van der Waals surface area contributed by atoms with Crippen LogP contribution < -0.4 is 15.4 Å². The first-order valence-corrected chi connectivity index (χ1v) is 6.79. The van der Waals surface area contributed by atoms with E-state index in [1.807, 2.05) is 42.5 Å². The third-order valence-electron chi connectivity index (χ3n) is 2.99. The summed E-state index contributed by atoms with van der Waals surface area (Å²) >= 11 is 0. The number of para-hydroxylation sites is 1. The molecule has 0 fully saturated rings. The molecule has 0 aliphatic rings. The zero-order valence-corrected chi connectivity index (χ0v) is 12.0. The molecule has 0 bridgehead atoms. The highest BCUT2D eigenvalue weighted by molar-refractivity contribution is 5.77. The molecule has 0 saturated heterocycles. The average Bonchev–Trinajstić information content (AvgIpc) is 2.54. The fourth-order valence-corrected chi connectivity index (χ4v) is 1.91. The van der Waals surface area contributed by atoms with Crippen LogP contribution in [0.1, 0.15) is 11.3 Å². The number of carbonyl (C=O) groups is 1. The number of methoxy groups -OCH3 is 1. The highest BCUT2D eigenvalue weighted by Gasteiger charge is 2.04. The molecule has 1 amide bonds. The Kier molecular flexibility index (Phi) is 5.72. The number of ether oxygens (including phenoxy) is 1. The first-order chi connectivity index (χ1) is 10.3. The molecule has 0 atom stereocenters. The third kappa shape index (κ3) is 4.89. The molecule has 1 aromatic heterocycles. The van der Waals surface area contributed by atoms with Gasteiger partial charge in [-0.25, -0.2) is 0 Å². The van der Waals surface area contributed by atoms with Crippen LogP contribution in [0.15, 0.2) is 48.7 Å². The van der Waals surface area contributed by atoms with Gasteiger partial charge in [0.25, 0.3) is 0 Å². The molecule has 1 aromatic carbocycles. The topological polar surface area (TPSA) is 63.2 Å². The van der Waals surface area contributed by atoms with Gasteiger partial charge in [-0.2, -0.15) is 0 Å². The molecule has 2 aromatic rings. The molecule has 0 spiro atoms. The summed E-state index contributed by atoms with van der Waals surface area (Å²) < 4.78 is 5.26.